The van der Waals surface area contributed by atoms with Crippen LogP contribution in [0.4, 0.5) is 0 Å². The van der Waals surface area contributed by atoms with Crippen molar-refractivity contribution in [2.45, 2.75) is 33.6 Å². The highest BCUT2D eigenvalue weighted by atomic mass is 16.4. The Bertz CT molecular complexity index is 161. The molecule has 0 saturated heterocycles. The minimum Gasteiger partial charge on any atom is -0.411 e. The summed E-state index contributed by atoms with van der Waals surface area (Å²) in [6, 6.07) is 0. The molecule has 0 amide bonds. The lowest BCUT2D eigenvalue weighted by Gasteiger charge is -2.23. The van der Waals surface area contributed by atoms with Crippen LogP contribution >= 0.6 is 0 Å². The maximum Gasteiger partial charge on any atom is 0.0438 e. The SMILES string of the molecule is C=CC(C)(C)CC(C)C/C=N\O. The maximum absolute atomic E-state index is 8.22. The number of hydrogen-bond donors (Lipinski definition) is 1. The van der Waals surface area contributed by atoms with Crippen LogP contribution in [0, 0.1) is 11.3 Å². The van der Waals surface area contributed by atoms with Crippen molar-refractivity contribution in [1.29, 1.82) is 0 Å². The van der Waals surface area contributed by atoms with Gasteiger partial charge in [0, 0.05) is 6.21 Å². The van der Waals surface area contributed by atoms with Gasteiger partial charge >= 0.3 is 0 Å². The fraction of sp³-hybridized carbons (Fsp3) is 0.700. The molecule has 1 atom stereocenters. The predicted molar refractivity (Wildman–Crippen MR) is 52.7 cm³/mol. The van der Waals surface area contributed by atoms with Gasteiger partial charge in [0.05, 0.1) is 0 Å². The van der Waals surface area contributed by atoms with Crippen LogP contribution in [0.5, 0.6) is 0 Å². The first-order valence-corrected chi connectivity index (χ1v) is 4.31. The topological polar surface area (TPSA) is 32.6 Å². The standard InChI is InChI=1S/C10H19NO/c1-5-10(3,4)8-9(2)6-7-11-12/h5,7,9,12H,1,6,8H2,2-4H3/b11-7-. The molecular formula is C10H19NO. The van der Waals surface area contributed by atoms with Crippen molar-refractivity contribution in [2.75, 3.05) is 0 Å². The van der Waals surface area contributed by atoms with E-state index in [0.717, 1.165) is 12.8 Å². The number of nitrogens with zero attached hydrogens (tertiary/aromatic N) is 1. The number of hydrogen-bond acceptors (Lipinski definition) is 2. The van der Waals surface area contributed by atoms with Gasteiger partial charge in [0.25, 0.3) is 0 Å². The fourth-order valence-electron chi connectivity index (χ4n) is 1.29. The normalized spacial score (nSPS) is 14.9. The summed E-state index contributed by atoms with van der Waals surface area (Å²) >= 11 is 0. The molecule has 0 aromatic carbocycles. The van der Waals surface area contributed by atoms with E-state index in [4.69, 9.17) is 5.21 Å². The second-order valence-corrected chi connectivity index (χ2v) is 4.04. The molecule has 0 bridgehead atoms. The van der Waals surface area contributed by atoms with Crippen molar-refractivity contribution in [2.24, 2.45) is 16.5 Å². The minimum absolute atomic E-state index is 0.183. The van der Waals surface area contributed by atoms with Gasteiger partial charge in [0.15, 0.2) is 0 Å². The predicted octanol–water partition coefficient (Wildman–Crippen LogP) is 3.07. The molecule has 0 aromatic heterocycles. The summed E-state index contributed by atoms with van der Waals surface area (Å²) in [4.78, 5) is 0. The highest BCUT2D eigenvalue weighted by molar-refractivity contribution is 5.56. The van der Waals surface area contributed by atoms with Gasteiger partial charge in [0.1, 0.15) is 0 Å². The van der Waals surface area contributed by atoms with Crippen molar-refractivity contribution in [3.05, 3.63) is 12.7 Å². The van der Waals surface area contributed by atoms with Crippen molar-refractivity contribution in [3.8, 4) is 0 Å². The lowest BCUT2D eigenvalue weighted by molar-refractivity contribution is 0.315. The first kappa shape index (κ1) is 11.2. The van der Waals surface area contributed by atoms with Gasteiger partial charge in [-0.25, -0.2) is 0 Å². The molecule has 0 radical (unpaired) electrons. The zero-order valence-electron chi connectivity index (χ0n) is 8.25. The average Bonchev–Trinajstić information content (AvgIpc) is 2.00. The quantitative estimate of drug-likeness (QED) is 0.292. The number of allylic oxidation sites excluding steroid dienone is 1. The van der Waals surface area contributed by atoms with Crippen molar-refractivity contribution in [3.63, 3.8) is 0 Å². The van der Waals surface area contributed by atoms with E-state index in [9.17, 15) is 0 Å². The summed E-state index contributed by atoms with van der Waals surface area (Å²) in [7, 11) is 0. The molecule has 2 heteroatoms. The third-order valence-corrected chi connectivity index (χ3v) is 2.02. The zero-order valence-corrected chi connectivity index (χ0v) is 8.25. The number of rotatable bonds is 5. The summed E-state index contributed by atoms with van der Waals surface area (Å²) < 4.78 is 0. The zero-order chi connectivity index (χ0) is 9.61. The summed E-state index contributed by atoms with van der Waals surface area (Å²) in [5.41, 5.74) is 0.183. The molecule has 1 N–H and O–H groups in total. The third-order valence-electron chi connectivity index (χ3n) is 2.02. The molecule has 0 aliphatic carbocycles. The fourth-order valence-corrected chi connectivity index (χ4v) is 1.29. The van der Waals surface area contributed by atoms with Gasteiger partial charge in [-0.05, 0) is 24.2 Å². The molecule has 0 spiro atoms. The van der Waals surface area contributed by atoms with Crippen LogP contribution in [0.15, 0.2) is 17.8 Å². The summed E-state index contributed by atoms with van der Waals surface area (Å²) in [6.45, 7) is 10.2. The maximum atomic E-state index is 8.22. The molecule has 0 aromatic rings. The molecule has 2 nitrogen and oxygen atoms in total. The Balaban J connectivity index is 3.82. The van der Waals surface area contributed by atoms with Gasteiger partial charge in [-0.2, -0.15) is 0 Å². The monoisotopic (exact) mass is 169 g/mol. The molecule has 70 valence electrons. The van der Waals surface area contributed by atoms with Crippen LogP contribution in [0.1, 0.15) is 33.6 Å². The van der Waals surface area contributed by atoms with E-state index in [0.29, 0.717) is 5.92 Å². The van der Waals surface area contributed by atoms with E-state index in [1.807, 2.05) is 6.08 Å². The Hall–Kier alpha value is -0.790. The minimum atomic E-state index is 0.183. The number of oxime groups is 1. The molecule has 0 rings (SSSR count). The Labute approximate surface area is 75.0 Å². The molecule has 0 saturated carbocycles. The van der Waals surface area contributed by atoms with E-state index < -0.39 is 0 Å². The largest absolute Gasteiger partial charge is 0.411 e. The Morgan fingerprint density at radius 1 is 1.58 bits per heavy atom. The van der Waals surface area contributed by atoms with Crippen LogP contribution in [0.2, 0.25) is 0 Å². The first-order valence-electron chi connectivity index (χ1n) is 4.31. The highest BCUT2D eigenvalue weighted by Crippen LogP contribution is 2.27. The smallest absolute Gasteiger partial charge is 0.0438 e. The summed E-state index contributed by atoms with van der Waals surface area (Å²) in [5, 5.41) is 11.2. The van der Waals surface area contributed by atoms with E-state index in [-0.39, 0.29) is 5.41 Å². The van der Waals surface area contributed by atoms with Gasteiger partial charge in [-0.15, -0.1) is 11.7 Å². The molecule has 1 unspecified atom stereocenters. The van der Waals surface area contributed by atoms with E-state index >= 15 is 0 Å². The van der Waals surface area contributed by atoms with Crippen LogP contribution in [0.3, 0.4) is 0 Å². The second-order valence-electron chi connectivity index (χ2n) is 4.04. The van der Waals surface area contributed by atoms with Crippen LogP contribution < -0.4 is 0 Å². The van der Waals surface area contributed by atoms with E-state index in [1.54, 1.807) is 6.21 Å². The van der Waals surface area contributed by atoms with Gasteiger partial charge in [0.2, 0.25) is 0 Å². The van der Waals surface area contributed by atoms with Crippen molar-refractivity contribution >= 4 is 6.21 Å². The molecule has 0 aliphatic rings. The van der Waals surface area contributed by atoms with Crippen molar-refractivity contribution in [1.82, 2.24) is 0 Å². The third kappa shape index (κ3) is 4.94. The first-order chi connectivity index (χ1) is 5.52. The lowest BCUT2D eigenvalue weighted by atomic mass is 9.83. The lowest BCUT2D eigenvalue weighted by Crippen LogP contribution is -2.12. The average molecular weight is 169 g/mol. The summed E-state index contributed by atoms with van der Waals surface area (Å²) in [5.74, 6) is 0.536. The Morgan fingerprint density at radius 2 is 2.17 bits per heavy atom. The summed E-state index contributed by atoms with van der Waals surface area (Å²) in [6.07, 6.45) is 5.42. The Kier molecular flexibility index (Phi) is 4.64. The van der Waals surface area contributed by atoms with Crippen molar-refractivity contribution < 1.29 is 5.21 Å². The second kappa shape index (κ2) is 4.96. The Morgan fingerprint density at radius 3 is 2.58 bits per heavy atom. The van der Waals surface area contributed by atoms with Crippen LogP contribution in [-0.4, -0.2) is 11.4 Å². The van der Waals surface area contributed by atoms with E-state index in [1.165, 1.54) is 0 Å². The van der Waals surface area contributed by atoms with Gasteiger partial charge in [-0.3, -0.25) is 0 Å². The van der Waals surface area contributed by atoms with Crippen LogP contribution in [-0.2, 0) is 0 Å². The molecule has 0 heterocycles. The molecule has 0 aliphatic heterocycles. The van der Waals surface area contributed by atoms with Crippen LogP contribution in [0.25, 0.3) is 0 Å². The molecular weight excluding hydrogens is 150 g/mol. The van der Waals surface area contributed by atoms with Gasteiger partial charge in [-0.1, -0.05) is 26.8 Å². The molecule has 12 heavy (non-hydrogen) atoms. The van der Waals surface area contributed by atoms with E-state index in [2.05, 4.69) is 32.5 Å². The highest BCUT2D eigenvalue weighted by Gasteiger charge is 2.16. The molecule has 0 fully saturated rings. The van der Waals surface area contributed by atoms with Gasteiger partial charge < -0.3 is 5.21 Å².